The average Bonchev–Trinajstić information content (AvgIpc) is 3.19. The first-order valence-electron chi connectivity index (χ1n) is 8.12. The summed E-state index contributed by atoms with van der Waals surface area (Å²) < 4.78 is 14.0. The number of hydrogen-bond donors (Lipinski definition) is 0. The van der Waals surface area contributed by atoms with E-state index in [9.17, 15) is 9.59 Å². The van der Waals surface area contributed by atoms with Crippen LogP contribution in [0.2, 0.25) is 0 Å². The van der Waals surface area contributed by atoms with Crippen molar-refractivity contribution in [1.29, 1.82) is 0 Å². The van der Waals surface area contributed by atoms with E-state index in [4.69, 9.17) is 9.47 Å². The Labute approximate surface area is 152 Å². The smallest absolute Gasteiger partial charge is 0.349 e. The molecule has 4 rings (SSSR count). The Balaban J connectivity index is 1.50. The van der Waals surface area contributed by atoms with Crippen LogP contribution in [0.5, 0.6) is 0 Å². The van der Waals surface area contributed by atoms with Crippen LogP contribution in [0.15, 0.2) is 30.3 Å². The van der Waals surface area contributed by atoms with Crippen molar-refractivity contribution in [2.24, 2.45) is 0 Å². The van der Waals surface area contributed by atoms with Gasteiger partial charge >= 0.3 is 5.97 Å². The Morgan fingerprint density at radius 1 is 1.16 bits per heavy atom. The van der Waals surface area contributed by atoms with Gasteiger partial charge in [-0.2, -0.15) is 0 Å². The SMILES string of the molecule is CC(OC(=O)c1cc2sc3ccccc3c2s1)C(=O)N1CCOCC1. The normalized spacial score (nSPS) is 16.3. The molecule has 1 fully saturated rings. The third-order valence-corrected chi connectivity index (χ3v) is 6.60. The lowest BCUT2D eigenvalue weighted by molar-refractivity contribution is -0.143. The first kappa shape index (κ1) is 16.5. The summed E-state index contributed by atoms with van der Waals surface area (Å²) in [5.74, 6) is -0.605. The zero-order valence-corrected chi connectivity index (χ0v) is 15.3. The minimum absolute atomic E-state index is 0.166. The number of esters is 1. The van der Waals surface area contributed by atoms with Crippen LogP contribution in [0.1, 0.15) is 16.6 Å². The molecule has 0 N–H and O–H groups in total. The maximum absolute atomic E-state index is 12.4. The Bertz CT molecular complexity index is 939. The average molecular weight is 375 g/mol. The lowest BCUT2D eigenvalue weighted by Gasteiger charge is -2.28. The zero-order valence-electron chi connectivity index (χ0n) is 13.7. The molecule has 130 valence electrons. The quantitative estimate of drug-likeness (QED) is 0.657. The molecule has 0 radical (unpaired) electrons. The molecule has 0 aliphatic carbocycles. The topological polar surface area (TPSA) is 55.8 Å². The molecule has 1 atom stereocenters. The fourth-order valence-electron chi connectivity index (χ4n) is 2.91. The van der Waals surface area contributed by atoms with Crippen molar-refractivity contribution in [3.63, 3.8) is 0 Å². The van der Waals surface area contributed by atoms with Crippen molar-refractivity contribution in [3.05, 3.63) is 35.2 Å². The molecular weight excluding hydrogens is 358 g/mol. The maximum atomic E-state index is 12.4. The van der Waals surface area contributed by atoms with Gasteiger partial charge in [0, 0.05) is 27.9 Å². The summed E-state index contributed by atoms with van der Waals surface area (Å²) in [6.07, 6.45) is -0.789. The molecule has 1 aliphatic heterocycles. The molecule has 3 heterocycles. The van der Waals surface area contributed by atoms with E-state index in [0.717, 1.165) is 14.8 Å². The predicted molar refractivity (Wildman–Crippen MR) is 99.5 cm³/mol. The number of benzene rings is 1. The fraction of sp³-hybridized carbons (Fsp3) is 0.333. The van der Waals surface area contributed by atoms with Crippen LogP contribution < -0.4 is 0 Å². The summed E-state index contributed by atoms with van der Waals surface area (Å²) in [4.78, 5) is 27.0. The summed E-state index contributed by atoms with van der Waals surface area (Å²) in [6.45, 7) is 3.77. The molecule has 0 spiro atoms. The van der Waals surface area contributed by atoms with Crippen molar-refractivity contribution >= 4 is 54.0 Å². The third kappa shape index (κ3) is 3.15. The zero-order chi connectivity index (χ0) is 17.4. The standard InChI is InChI=1S/C18H17NO4S2/c1-11(17(20)19-6-8-22-9-7-19)23-18(21)15-10-14-16(25-15)12-4-2-3-5-13(12)24-14/h2-5,10-11H,6-9H2,1H3. The number of fused-ring (bicyclic) bond motifs is 3. The molecule has 5 nitrogen and oxygen atoms in total. The van der Waals surface area contributed by atoms with Crippen molar-refractivity contribution in [1.82, 2.24) is 4.90 Å². The first-order chi connectivity index (χ1) is 12.1. The van der Waals surface area contributed by atoms with Gasteiger partial charge in [0.05, 0.1) is 17.9 Å². The molecule has 1 unspecified atom stereocenters. The van der Waals surface area contributed by atoms with Gasteiger partial charge in [0.25, 0.3) is 5.91 Å². The Morgan fingerprint density at radius 3 is 2.72 bits per heavy atom. The van der Waals surface area contributed by atoms with E-state index in [-0.39, 0.29) is 5.91 Å². The van der Waals surface area contributed by atoms with Gasteiger partial charge in [0.15, 0.2) is 6.10 Å². The molecule has 1 amide bonds. The molecule has 7 heteroatoms. The van der Waals surface area contributed by atoms with E-state index in [1.54, 1.807) is 23.2 Å². The number of nitrogens with zero attached hydrogens (tertiary/aromatic N) is 1. The number of morpholine rings is 1. The lowest BCUT2D eigenvalue weighted by Crippen LogP contribution is -2.46. The lowest BCUT2D eigenvalue weighted by atomic mass is 10.2. The van der Waals surface area contributed by atoms with Crippen LogP contribution in [0.4, 0.5) is 0 Å². The van der Waals surface area contributed by atoms with Gasteiger partial charge in [-0.3, -0.25) is 4.79 Å². The van der Waals surface area contributed by atoms with Crippen LogP contribution in [0.25, 0.3) is 19.5 Å². The molecule has 0 bridgehead atoms. The van der Waals surface area contributed by atoms with E-state index >= 15 is 0 Å². The third-order valence-electron chi connectivity index (χ3n) is 4.21. The number of hydrogen-bond acceptors (Lipinski definition) is 6. The molecule has 0 saturated carbocycles. The highest BCUT2D eigenvalue weighted by Crippen LogP contribution is 2.39. The first-order valence-corrected chi connectivity index (χ1v) is 9.75. The fourth-order valence-corrected chi connectivity index (χ4v) is 5.32. The highest BCUT2D eigenvalue weighted by molar-refractivity contribution is 7.33. The van der Waals surface area contributed by atoms with Crippen LogP contribution in [0, 0.1) is 0 Å². The summed E-state index contributed by atoms with van der Waals surface area (Å²) in [7, 11) is 0. The molecule has 1 saturated heterocycles. The molecule has 2 aromatic heterocycles. The minimum Gasteiger partial charge on any atom is -0.448 e. The van der Waals surface area contributed by atoms with E-state index in [1.807, 2.05) is 18.2 Å². The molecule has 3 aromatic rings. The highest BCUT2D eigenvalue weighted by Gasteiger charge is 2.26. The van der Waals surface area contributed by atoms with Gasteiger partial charge in [-0.05, 0) is 19.1 Å². The molecule has 1 aliphatic rings. The van der Waals surface area contributed by atoms with E-state index in [1.165, 1.54) is 16.0 Å². The monoisotopic (exact) mass is 375 g/mol. The van der Waals surface area contributed by atoms with E-state index in [2.05, 4.69) is 12.1 Å². The van der Waals surface area contributed by atoms with Crippen LogP contribution >= 0.6 is 22.7 Å². The second kappa shape index (κ2) is 6.74. The van der Waals surface area contributed by atoms with Crippen LogP contribution in [-0.2, 0) is 14.3 Å². The van der Waals surface area contributed by atoms with Gasteiger partial charge < -0.3 is 14.4 Å². The molecule has 1 aromatic carbocycles. The second-order valence-corrected chi connectivity index (χ2v) is 8.02. The molecular formula is C18H17NO4S2. The van der Waals surface area contributed by atoms with Gasteiger partial charge in [0.1, 0.15) is 4.88 Å². The number of amides is 1. The summed E-state index contributed by atoms with van der Waals surface area (Å²) in [5, 5.41) is 1.16. The number of carbonyl (C=O) groups is 2. The van der Waals surface area contributed by atoms with Gasteiger partial charge in [-0.15, -0.1) is 22.7 Å². The number of ether oxygens (including phenoxy) is 2. The summed E-state index contributed by atoms with van der Waals surface area (Å²) in [5.41, 5.74) is 0. The Morgan fingerprint density at radius 2 is 1.92 bits per heavy atom. The van der Waals surface area contributed by atoms with Crippen molar-refractivity contribution in [3.8, 4) is 0 Å². The number of carbonyl (C=O) groups excluding carboxylic acids is 2. The largest absolute Gasteiger partial charge is 0.448 e. The number of rotatable bonds is 3. The summed E-state index contributed by atoms with van der Waals surface area (Å²) in [6, 6.07) is 10.0. The van der Waals surface area contributed by atoms with Gasteiger partial charge in [-0.25, -0.2) is 4.79 Å². The van der Waals surface area contributed by atoms with Crippen molar-refractivity contribution in [2.75, 3.05) is 26.3 Å². The second-order valence-electron chi connectivity index (χ2n) is 5.89. The van der Waals surface area contributed by atoms with Crippen LogP contribution in [-0.4, -0.2) is 49.2 Å². The summed E-state index contributed by atoms with van der Waals surface area (Å²) >= 11 is 3.08. The highest BCUT2D eigenvalue weighted by atomic mass is 32.1. The minimum atomic E-state index is -0.789. The van der Waals surface area contributed by atoms with Gasteiger partial charge in [-0.1, -0.05) is 18.2 Å². The Hall–Kier alpha value is -1.96. The van der Waals surface area contributed by atoms with Crippen molar-refractivity contribution < 1.29 is 19.1 Å². The predicted octanol–water partition coefficient (Wildman–Crippen LogP) is 3.52. The van der Waals surface area contributed by atoms with Crippen LogP contribution in [0.3, 0.4) is 0 Å². The van der Waals surface area contributed by atoms with Crippen molar-refractivity contribution in [2.45, 2.75) is 13.0 Å². The van der Waals surface area contributed by atoms with Gasteiger partial charge in [0.2, 0.25) is 0 Å². The number of thiophene rings is 2. The van der Waals surface area contributed by atoms with E-state index in [0.29, 0.717) is 31.2 Å². The molecule has 25 heavy (non-hydrogen) atoms. The Kier molecular flexibility index (Phi) is 4.45. The maximum Gasteiger partial charge on any atom is 0.349 e. The van der Waals surface area contributed by atoms with E-state index < -0.39 is 12.1 Å².